The number of methoxy groups -OCH3 is 1. The van der Waals surface area contributed by atoms with Crippen LogP contribution in [0.4, 0.5) is 0 Å². The zero-order chi connectivity index (χ0) is 16.0. The summed E-state index contributed by atoms with van der Waals surface area (Å²) in [6, 6.07) is 7.21. The van der Waals surface area contributed by atoms with E-state index in [0.717, 1.165) is 5.56 Å². The van der Waals surface area contributed by atoms with Gasteiger partial charge in [0.15, 0.2) is 0 Å². The number of hydrogen-bond acceptors (Lipinski definition) is 4. The number of benzene rings is 1. The van der Waals surface area contributed by atoms with E-state index in [-0.39, 0.29) is 25.0 Å². The molecule has 1 N–H and O–H groups in total. The van der Waals surface area contributed by atoms with Crippen LogP contribution in [0.1, 0.15) is 29.8 Å². The van der Waals surface area contributed by atoms with Gasteiger partial charge in [0.05, 0.1) is 19.1 Å². The van der Waals surface area contributed by atoms with Gasteiger partial charge in [-0.25, -0.2) is 0 Å². The van der Waals surface area contributed by atoms with Crippen LogP contribution < -0.4 is 0 Å². The second-order valence-electron chi connectivity index (χ2n) is 5.35. The van der Waals surface area contributed by atoms with Gasteiger partial charge in [-0.15, -0.1) is 0 Å². The number of carbonyl (C=O) groups excluding carboxylic acids is 2. The summed E-state index contributed by atoms with van der Waals surface area (Å²) in [5, 5.41) is 9.56. The molecule has 0 saturated heterocycles. The van der Waals surface area contributed by atoms with Crippen molar-refractivity contribution < 1.29 is 19.4 Å². The van der Waals surface area contributed by atoms with E-state index in [2.05, 4.69) is 4.74 Å². The fourth-order valence-corrected chi connectivity index (χ4v) is 2.04. The molecule has 1 aromatic rings. The Morgan fingerprint density at radius 2 is 1.76 bits per heavy atom. The van der Waals surface area contributed by atoms with E-state index in [0.29, 0.717) is 5.56 Å². The van der Waals surface area contributed by atoms with Gasteiger partial charge in [-0.1, -0.05) is 24.6 Å². The highest BCUT2D eigenvalue weighted by Gasteiger charge is 2.23. The molecule has 0 fully saturated rings. The molecule has 21 heavy (non-hydrogen) atoms. The van der Waals surface area contributed by atoms with E-state index >= 15 is 0 Å². The van der Waals surface area contributed by atoms with Gasteiger partial charge in [-0.2, -0.15) is 0 Å². The molecule has 0 radical (unpaired) electrons. The molecule has 0 spiro atoms. The van der Waals surface area contributed by atoms with Crippen molar-refractivity contribution in [2.24, 2.45) is 5.92 Å². The van der Waals surface area contributed by atoms with Crippen LogP contribution in [-0.4, -0.2) is 48.2 Å². The number of ether oxygens (including phenoxy) is 1. The summed E-state index contributed by atoms with van der Waals surface area (Å²) in [7, 11) is 1.32. The third kappa shape index (κ3) is 5.19. The minimum atomic E-state index is -0.663. The van der Waals surface area contributed by atoms with Crippen LogP contribution in [-0.2, 0) is 9.53 Å². The fourth-order valence-electron chi connectivity index (χ4n) is 2.04. The Morgan fingerprint density at radius 3 is 2.24 bits per heavy atom. The topological polar surface area (TPSA) is 66.8 Å². The molecule has 2 atom stereocenters. The standard InChI is InChI=1S/C16H23NO4/c1-11-5-7-14(8-6-11)15(19)17(10-13(3)18)9-12(2)16(20)21-4/h5-8,12-13,18H,9-10H2,1-4H3. The van der Waals surface area contributed by atoms with Gasteiger partial charge in [-0.05, 0) is 26.0 Å². The maximum atomic E-state index is 12.5. The molecule has 0 aromatic heterocycles. The number of esters is 1. The Hall–Kier alpha value is -1.88. The predicted octanol–water partition coefficient (Wildman–Crippen LogP) is 1.63. The second kappa shape index (κ2) is 7.78. The molecule has 1 aromatic carbocycles. The minimum absolute atomic E-state index is 0.175. The molecule has 1 amide bonds. The van der Waals surface area contributed by atoms with Gasteiger partial charge < -0.3 is 14.7 Å². The zero-order valence-electron chi connectivity index (χ0n) is 13.0. The van der Waals surface area contributed by atoms with Crippen molar-refractivity contribution in [2.75, 3.05) is 20.2 Å². The zero-order valence-corrected chi connectivity index (χ0v) is 13.0. The van der Waals surface area contributed by atoms with Crippen molar-refractivity contribution in [3.05, 3.63) is 35.4 Å². The highest BCUT2D eigenvalue weighted by Crippen LogP contribution is 2.11. The van der Waals surface area contributed by atoms with Crippen molar-refractivity contribution in [2.45, 2.75) is 26.9 Å². The molecular weight excluding hydrogens is 270 g/mol. The number of amides is 1. The highest BCUT2D eigenvalue weighted by atomic mass is 16.5. The maximum Gasteiger partial charge on any atom is 0.310 e. The fraction of sp³-hybridized carbons (Fsp3) is 0.500. The molecule has 0 bridgehead atoms. The monoisotopic (exact) mass is 293 g/mol. The third-order valence-electron chi connectivity index (χ3n) is 3.17. The quantitative estimate of drug-likeness (QED) is 0.810. The molecule has 2 unspecified atom stereocenters. The van der Waals surface area contributed by atoms with Crippen molar-refractivity contribution in [3.63, 3.8) is 0 Å². The molecular formula is C16H23NO4. The molecule has 0 saturated carbocycles. The summed E-state index contributed by atoms with van der Waals surface area (Å²) >= 11 is 0. The van der Waals surface area contributed by atoms with E-state index in [4.69, 9.17) is 0 Å². The number of hydrogen-bond donors (Lipinski definition) is 1. The van der Waals surface area contributed by atoms with Crippen molar-refractivity contribution >= 4 is 11.9 Å². The van der Waals surface area contributed by atoms with Crippen LogP contribution in [0.5, 0.6) is 0 Å². The van der Waals surface area contributed by atoms with Crippen LogP contribution in [0.3, 0.4) is 0 Å². The normalized spacial score (nSPS) is 13.4. The molecule has 0 aliphatic heterocycles. The lowest BCUT2D eigenvalue weighted by Crippen LogP contribution is -2.41. The predicted molar refractivity (Wildman–Crippen MR) is 79.9 cm³/mol. The summed E-state index contributed by atoms with van der Waals surface area (Å²) in [5.74, 6) is -1.02. The van der Waals surface area contributed by atoms with Gasteiger partial charge in [0.2, 0.25) is 0 Å². The van der Waals surface area contributed by atoms with Gasteiger partial charge >= 0.3 is 5.97 Å². The summed E-state index contributed by atoms with van der Waals surface area (Å²) in [4.78, 5) is 25.5. The van der Waals surface area contributed by atoms with Crippen molar-refractivity contribution in [1.82, 2.24) is 4.90 Å². The van der Waals surface area contributed by atoms with E-state index in [1.54, 1.807) is 26.0 Å². The van der Waals surface area contributed by atoms with E-state index in [9.17, 15) is 14.7 Å². The van der Waals surface area contributed by atoms with Crippen LogP contribution in [0.2, 0.25) is 0 Å². The van der Waals surface area contributed by atoms with Crippen molar-refractivity contribution in [1.29, 1.82) is 0 Å². The van der Waals surface area contributed by atoms with Crippen LogP contribution >= 0.6 is 0 Å². The Labute approximate surface area is 125 Å². The Morgan fingerprint density at radius 1 is 1.19 bits per heavy atom. The lowest BCUT2D eigenvalue weighted by molar-refractivity contribution is -0.145. The number of aryl methyl sites for hydroxylation is 1. The molecule has 0 aliphatic carbocycles. The molecule has 0 aliphatic rings. The molecule has 5 heteroatoms. The lowest BCUT2D eigenvalue weighted by Gasteiger charge is -2.26. The number of rotatable bonds is 6. The molecule has 0 heterocycles. The summed E-state index contributed by atoms with van der Waals surface area (Å²) in [5.41, 5.74) is 1.61. The second-order valence-corrected chi connectivity index (χ2v) is 5.35. The minimum Gasteiger partial charge on any atom is -0.469 e. The first-order chi connectivity index (χ1) is 9.85. The van der Waals surface area contributed by atoms with Crippen LogP contribution in [0.25, 0.3) is 0 Å². The van der Waals surface area contributed by atoms with Gasteiger partial charge in [0.25, 0.3) is 5.91 Å². The molecule has 116 valence electrons. The number of nitrogens with zero attached hydrogens (tertiary/aromatic N) is 1. The van der Waals surface area contributed by atoms with Gasteiger partial charge in [-0.3, -0.25) is 9.59 Å². The number of aliphatic hydroxyl groups is 1. The number of carbonyl (C=O) groups is 2. The smallest absolute Gasteiger partial charge is 0.310 e. The average Bonchev–Trinajstić information content (AvgIpc) is 2.45. The first-order valence-electron chi connectivity index (χ1n) is 6.97. The first kappa shape index (κ1) is 17.2. The average molecular weight is 293 g/mol. The lowest BCUT2D eigenvalue weighted by atomic mass is 10.1. The summed E-state index contributed by atoms with van der Waals surface area (Å²) < 4.78 is 4.68. The van der Waals surface area contributed by atoms with Crippen LogP contribution in [0, 0.1) is 12.8 Å². The molecule has 5 nitrogen and oxygen atoms in total. The third-order valence-corrected chi connectivity index (χ3v) is 3.17. The Balaban J connectivity index is 2.88. The largest absolute Gasteiger partial charge is 0.469 e. The van der Waals surface area contributed by atoms with Gasteiger partial charge in [0.1, 0.15) is 0 Å². The van der Waals surface area contributed by atoms with Gasteiger partial charge in [0, 0.05) is 18.7 Å². The first-order valence-corrected chi connectivity index (χ1v) is 6.97. The maximum absolute atomic E-state index is 12.5. The van der Waals surface area contributed by atoms with E-state index in [1.807, 2.05) is 19.1 Å². The Bertz CT molecular complexity index is 482. The van der Waals surface area contributed by atoms with Crippen LogP contribution in [0.15, 0.2) is 24.3 Å². The van der Waals surface area contributed by atoms with E-state index in [1.165, 1.54) is 12.0 Å². The Kier molecular flexibility index (Phi) is 6.37. The SMILES string of the molecule is COC(=O)C(C)CN(CC(C)O)C(=O)c1ccc(C)cc1. The summed E-state index contributed by atoms with van der Waals surface area (Å²) in [6.07, 6.45) is -0.663. The van der Waals surface area contributed by atoms with Crippen molar-refractivity contribution in [3.8, 4) is 0 Å². The number of aliphatic hydroxyl groups excluding tert-OH is 1. The van der Waals surface area contributed by atoms with E-state index < -0.39 is 12.0 Å². The summed E-state index contributed by atoms with van der Waals surface area (Å²) in [6.45, 7) is 5.64. The molecule has 1 rings (SSSR count). The highest BCUT2D eigenvalue weighted by molar-refractivity contribution is 5.94.